The molecule has 20 heavy (non-hydrogen) atoms. The van der Waals surface area contributed by atoms with Crippen LogP contribution in [-0.4, -0.2) is 30.2 Å². The van der Waals surface area contributed by atoms with Crippen LogP contribution in [-0.2, 0) is 10.0 Å². The van der Waals surface area contributed by atoms with Gasteiger partial charge in [-0.25, -0.2) is 22.6 Å². The number of hydrogen-bond acceptors (Lipinski definition) is 5. The van der Waals surface area contributed by atoms with E-state index in [0.29, 0.717) is 12.2 Å². The number of H-pyrrole nitrogens is 1. The Morgan fingerprint density at radius 3 is 2.85 bits per heavy atom. The van der Waals surface area contributed by atoms with Gasteiger partial charge in [-0.3, -0.25) is 0 Å². The molecule has 2 aromatic rings. The molecule has 7 nitrogen and oxygen atoms in total. The van der Waals surface area contributed by atoms with Crippen LogP contribution in [0.2, 0.25) is 0 Å². The highest BCUT2D eigenvalue weighted by Crippen LogP contribution is 2.17. The monoisotopic (exact) mass is 300 g/mol. The normalized spacial score (nSPS) is 11.3. The molecule has 1 heterocycles. The second-order valence-electron chi connectivity index (χ2n) is 3.92. The van der Waals surface area contributed by atoms with Gasteiger partial charge in [0.05, 0.1) is 11.5 Å². The van der Waals surface area contributed by atoms with Gasteiger partial charge in [-0.15, -0.1) is 5.10 Å². The third kappa shape index (κ3) is 3.05. The summed E-state index contributed by atoms with van der Waals surface area (Å²) in [6.07, 6.45) is 0. The molecule has 1 aromatic carbocycles. The summed E-state index contributed by atoms with van der Waals surface area (Å²) < 4.78 is 44.6. The maximum Gasteiger partial charge on any atom is 0.337 e. The summed E-state index contributed by atoms with van der Waals surface area (Å²) in [5, 5.41) is 6.03. The van der Waals surface area contributed by atoms with Crippen molar-refractivity contribution in [2.45, 2.75) is 18.7 Å². The van der Waals surface area contributed by atoms with Crippen molar-refractivity contribution in [3.8, 4) is 6.01 Å². The van der Waals surface area contributed by atoms with E-state index < -0.39 is 15.8 Å². The summed E-state index contributed by atoms with van der Waals surface area (Å²) >= 11 is 0. The molecule has 1 aromatic heterocycles. The van der Waals surface area contributed by atoms with E-state index in [1.165, 1.54) is 12.1 Å². The minimum Gasteiger partial charge on any atom is -0.463 e. The zero-order valence-electron chi connectivity index (χ0n) is 10.8. The van der Waals surface area contributed by atoms with E-state index in [2.05, 4.69) is 19.9 Å². The second-order valence-corrected chi connectivity index (χ2v) is 5.60. The number of aromatic nitrogens is 3. The fourth-order valence-corrected chi connectivity index (χ4v) is 2.38. The third-order valence-electron chi connectivity index (χ3n) is 2.42. The molecule has 0 atom stereocenters. The largest absolute Gasteiger partial charge is 0.463 e. The van der Waals surface area contributed by atoms with Gasteiger partial charge in [-0.05, 0) is 31.5 Å². The average Bonchev–Trinajstić information content (AvgIpc) is 2.79. The van der Waals surface area contributed by atoms with E-state index in [1.54, 1.807) is 13.8 Å². The molecule has 0 aliphatic carbocycles. The average molecular weight is 300 g/mol. The Labute approximate surface area is 115 Å². The Morgan fingerprint density at radius 1 is 1.45 bits per heavy atom. The molecule has 0 aliphatic rings. The first-order valence-electron chi connectivity index (χ1n) is 5.76. The Balaban J connectivity index is 2.23. The predicted octanol–water partition coefficient (Wildman–Crippen LogP) is 1.45. The lowest BCUT2D eigenvalue weighted by Gasteiger charge is -2.05. The van der Waals surface area contributed by atoms with Crippen molar-refractivity contribution in [3.63, 3.8) is 0 Å². The highest BCUT2D eigenvalue weighted by molar-refractivity contribution is 7.92. The van der Waals surface area contributed by atoms with Gasteiger partial charge >= 0.3 is 6.01 Å². The smallest absolute Gasteiger partial charge is 0.337 e. The van der Waals surface area contributed by atoms with E-state index in [4.69, 9.17) is 4.74 Å². The zero-order valence-corrected chi connectivity index (χ0v) is 11.7. The van der Waals surface area contributed by atoms with Crippen LogP contribution in [0.15, 0.2) is 23.1 Å². The molecule has 0 bridgehead atoms. The topological polar surface area (TPSA) is 97.0 Å². The number of aromatic amines is 1. The fourth-order valence-electron chi connectivity index (χ4n) is 1.41. The molecule has 0 aliphatic heterocycles. The van der Waals surface area contributed by atoms with E-state index in [0.717, 1.165) is 6.07 Å². The summed E-state index contributed by atoms with van der Waals surface area (Å²) in [4.78, 5) is 3.58. The van der Waals surface area contributed by atoms with Crippen LogP contribution in [0.5, 0.6) is 6.01 Å². The minimum absolute atomic E-state index is 0.0280. The molecule has 0 radical (unpaired) electrons. The second kappa shape index (κ2) is 5.45. The Hall–Kier alpha value is -2.16. The Morgan fingerprint density at radius 2 is 2.20 bits per heavy atom. The zero-order chi connectivity index (χ0) is 14.8. The van der Waals surface area contributed by atoms with Crippen LogP contribution in [0.3, 0.4) is 0 Å². The van der Waals surface area contributed by atoms with Gasteiger partial charge in [0.1, 0.15) is 5.82 Å². The summed E-state index contributed by atoms with van der Waals surface area (Å²) in [6.45, 7) is 3.65. The van der Waals surface area contributed by atoms with Crippen LogP contribution >= 0.6 is 0 Å². The molecule has 0 spiro atoms. The lowest BCUT2D eigenvalue weighted by molar-refractivity contribution is 0.314. The maximum atomic E-state index is 13.4. The molecule has 9 heteroatoms. The van der Waals surface area contributed by atoms with Crippen LogP contribution in [0.25, 0.3) is 0 Å². The van der Waals surface area contributed by atoms with Gasteiger partial charge in [0.2, 0.25) is 5.95 Å². The SMILES string of the molecule is CCOc1n[nH]c(NS(=O)(=O)c2ccc(C)c(F)c2)n1. The summed E-state index contributed by atoms with van der Waals surface area (Å²) in [7, 11) is -3.93. The Bertz CT molecular complexity index is 714. The quantitative estimate of drug-likeness (QED) is 0.871. The number of benzene rings is 1. The van der Waals surface area contributed by atoms with Gasteiger partial charge in [-0.2, -0.15) is 4.98 Å². The molecule has 0 amide bonds. The minimum atomic E-state index is -3.93. The highest BCUT2D eigenvalue weighted by atomic mass is 32.2. The number of hydrogen-bond donors (Lipinski definition) is 2. The van der Waals surface area contributed by atoms with E-state index in [-0.39, 0.29) is 16.9 Å². The van der Waals surface area contributed by atoms with Crippen molar-refractivity contribution in [2.75, 3.05) is 11.3 Å². The number of sulfonamides is 1. The number of ether oxygens (including phenoxy) is 1. The summed E-state index contributed by atoms with van der Waals surface area (Å²) in [5.74, 6) is -0.699. The van der Waals surface area contributed by atoms with Gasteiger partial charge in [0.15, 0.2) is 0 Å². The first kappa shape index (κ1) is 14.3. The van der Waals surface area contributed by atoms with Gasteiger partial charge in [-0.1, -0.05) is 6.07 Å². The van der Waals surface area contributed by atoms with Crippen molar-refractivity contribution in [1.29, 1.82) is 0 Å². The standard InChI is InChI=1S/C11H13FN4O3S/c1-3-19-11-13-10(14-15-11)16-20(17,18)8-5-4-7(2)9(12)6-8/h4-6H,3H2,1-2H3,(H2,13,14,15,16). The van der Waals surface area contributed by atoms with E-state index in [9.17, 15) is 12.8 Å². The number of rotatable bonds is 5. The number of nitrogens with one attached hydrogen (secondary N) is 2. The molecule has 0 saturated carbocycles. The van der Waals surface area contributed by atoms with Crippen molar-refractivity contribution in [3.05, 3.63) is 29.6 Å². The fraction of sp³-hybridized carbons (Fsp3) is 0.273. The molecular weight excluding hydrogens is 287 g/mol. The first-order chi connectivity index (χ1) is 9.42. The molecule has 0 fully saturated rings. The summed E-state index contributed by atoms with van der Waals surface area (Å²) in [5.41, 5.74) is 0.363. The number of aryl methyl sites for hydroxylation is 1. The molecule has 0 saturated heterocycles. The van der Waals surface area contributed by atoms with Crippen molar-refractivity contribution in [2.24, 2.45) is 0 Å². The van der Waals surface area contributed by atoms with Gasteiger partial charge in [0, 0.05) is 0 Å². The van der Waals surface area contributed by atoms with Crippen molar-refractivity contribution in [1.82, 2.24) is 15.2 Å². The lowest BCUT2D eigenvalue weighted by atomic mass is 10.2. The van der Waals surface area contributed by atoms with Crippen LogP contribution < -0.4 is 9.46 Å². The highest BCUT2D eigenvalue weighted by Gasteiger charge is 2.18. The third-order valence-corrected chi connectivity index (χ3v) is 3.76. The molecule has 2 rings (SSSR count). The number of nitrogens with zero attached hydrogens (tertiary/aromatic N) is 2. The van der Waals surface area contributed by atoms with Crippen molar-refractivity contribution >= 4 is 16.0 Å². The lowest BCUT2D eigenvalue weighted by Crippen LogP contribution is -2.14. The Kier molecular flexibility index (Phi) is 3.89. The van der Waals surface area contributed by atoms with E-state index >= 15 is 0 Å². The molecule has 0 unspecified atom stereocenters. The predicted molar refractivity (Wildman–Crippen MR) is 69.5 cm³/mol. The van der Waals surface area contributed by atoms with Gasteiger partial charge < -0.3 is 4.74 Å². The van der Waals surface area contributed by atoms with Crippen LogP contribution in [0, 0.1) is 12.7 Å². The first-order valence-corrected chi connectivity index (χ1v) is 7.25. The van der Waals surface area contributed by atoms with Gasteiger partial charge in [0.25, 0.3) is 10.0 Å². The molecular formula is C11H13FN4O3S. The van der Waals surface area contributed by atoms with Crippen LogP contribution in [0.1, 0.15) is 12.5 Å². The summed E-state index contributed by atoms with van der Waals surface area (Å²) in [6, 6.07) is 3.66. The number of anilines is 1. The van der Waals surface area contributed by atoms with E-state index in [1.807, 2.05) is 0 Å². The van der Waals surface area contributed by atoms with Crippen LogP contribution in [0.4, 0.5) is 10.3 Å². The number of halogens is 1. The molecule has 108 valence electrons. The maximum absolute atomic E-state index is 13.4. The molecule has 2 N–H and O–H groups in total. The van der Waals surface area contributed by atoms with Crippen molar-refractivity contribution < 1.29 is 17.5 Å².